The second-order valence-corrected chi connectivity index (χ2v) is 19.5. The van der Waals surface area contributed by atoms with Crippen molar-refractivity contribution in [3.63, 3.8) is 0 Å². The Morgan fingerprint density at radius 3 is 2.31 bits per heavy atom. The molecule has 74 heavy (non-hydrogen) atoms. The molecule has 0 spiro atoms. The van der Waals surface area contributed by atoms with E-state index in [0.29, 0.717) is 46.9 Å². The quantitative estimate of drug-likeness (QED) is 0.0414. The van der Waals surface area contributed by atoms with E-state index in [9.17, 15) is 37.1 Å². The van der Waals surface area contributed by atoms with Crippen molar-refractivity contribution in [2.24, 2.45) is 11.1 Å². The smallest absolute Gasteiger partial charge is 0.488 e. The van der Waals surface area contributed by atoms with Crippen LogP contribution in [-0.2, 0) is 35.3 Å². The number of aromatic nitrogens is 3. The molecule has 0 radical (unpaired) electrons. The molecule has 2 aromatic heterocycles. The lowest BCUT2D eigenvalue weighted by Crippen LogP contribution is -2.56. The number of carbonyl (C=O) groups excluding carboxylic acids is 5. The number of pyridine rings is 1. The van der Waals surface area contributed by atoms with E-state index in [-0.39, 0.29) is 63.1 Å². The van der Waals surface area contributed by atoms with Crippen molar-refractivity contribution in [2.75, 3.05) is 53.6 Å². The molecular weight excluding hydrogens is 968 g/mol. The third kappa shape index (κ3) is 12.0. The molecule has 9 rings (SSSR count). The predicted octanol–water partition coefficient (Wildman–Crippen LogP) is 4.91. The number of piperazine rings is 1. The molecule has 2 saturated carbocycles. The Labute approximate surface area is 424 Å². The van der Waals surface area contributed by atoms with Crippen molar-refractivity contribution in [2.45, 2.75) is 120 Å². The van der Waals surface area contributed by atoms with Gasteiger partial charge < -0.3 is 61.5 Å². The molecule has 2 aromatic carbocycles. The molecule has 5 aliphatic rings. The van der Waals surface area contributed by atoms with Gasteiger partial charge in [0.1, 0.15) is 29.9 Å². The Balaban J connectivity index is 0.800. The molecule has 2 unspecified atom stereocenters. The van der Waals surface area contributed by atoms with Crippen LogP contribution in [0.25, 0.3) is 11.3 Å². The Morgan fingerprint density at radius 1 is 0.892 bits per heavy atom. The van der Waals surface area contributed by atoms with Gasteiger partial charge in [-0.1, -0.05) is 30.7 Å². The van der Waals surface area contributed by atoms with Crippen molar-refractivity contribution in [1.82, 2.24) is 31.1 Å². The van der Waals surface area contributed by atoms with Crippen LogP contribution in [0.4, 0.5) is 40.8 Å². The molecule has 4 amide bonds. The first-order valence-corrected chi connectivity index (χ1v) is 25.1. The van der Waals surface area contributed by atoms with Crippen LogP contribution in [0, 0.1) is 5.41 Å². The number of urea groups is 1. The van der Waals surface area contributed by atoms with E-state index in [2.05, 4.69) is 63.1 Å². The Bertz CT molecular complexity index is 2670. The van der Waals surface area contributed by atoms with Gasteiger partial charge in [-0.2, -0.15) is 13.2 Å². The van der Waals surface area contributed by atoms with Gasteiger partial charge in [0.05, 0.1) is 23.6 Å². The number of halogens is 3. The van der Waals surface area contributed by atoms with Gasteiger partial charge in [0.15, 0.2) is 5.82 Å². The second-order valence-electron chi connectivity index (χ2n) is 19.5. The average Bonchev–Trinajstić information content (AvgIpc) is 3.62. The number of para-hydroxylation sites is 1. The molecule has 23 heteroatoms. The topological polar surface area (TPSA) is 268 Å². The fraction of sp³-hybridized carbons (Fsp3) is 0.490. The maximum absolute atomic E-state index is 13.6. The van der Waals surface area contributed by atoms with E-state index in [1.165, 1.54) is 0 Å². The molecule has 2 aliphatic carbocycles. The molecule has 3 saturated heterocycles. The lowest BCUT2D eigenvalue weighted by molar-refractivity contribution is -0.207. The molecule has 394 valence electrons. The minimum Gasteiger partial charge on any atom is -0.488 e. The molecule has 5 fully saturated rings. The highest BCUT2D eigenvalue weighted by molar-refractivity contribution is 6.08. The molecule has 3 atom stereocenters. The fourth-order valence-corrected chi connectivity index (χ4v) is 10.3. The van der Waals surface area contributed by atoms with Gasteiger partial charge in [-0.25, -0.2) is 14.6 Å². The largest absolute Gasteiger partial charge is 0.491 e. The van der Waals surface area contributed by atoms with E-state index >= 15 is 0 Å². The van der Waals surface area contributed by atoms with Crippen LogP contribution in [0.2, 0.25) is 0 Å². The number of amides is 4. The normalized spacial score (nSPS) is 21.6. The number of nitrogens with two attached hydrogens (primary N) is 2. The van der Waals surface area contributed by atoms with E-state index < -0.39 is 47.4 Å². The van der Waals surface area contributed by atoms with Crippen molar-refractivity contribution in [3.05, 3.63) is 78.5 Å². The van der Waals surface area contributed by atoms with Crippen molar-refractivity contribution < 1.29 is 56.1 Å². The summed E-state index contributed by atoms with van der Waals surface area (Å²) in [6.45, 7) is 3.64. The minimum absolute atomic E-state index is 0.0343. The summed E-state index contributed by atoms with van der Waals surface area (Å²) >= 11 is 0. The number of nitrogens with zero attached hydrogens (tertiary/aromatic N) is 5. The van der Waals surface area contributed by atoms with Crippen molar-refractivity contribution in [3.8, 4) is 22.9 Å². The van der Waals surface area contributed by atoms with Gasteiger partial charge in [-0.3, -0.25) is 14.4 Å². The van der Waals surface area contributed by atoms with Gasteiger partial charge in [0.25, 0.3) is 0 Å². The number of ether oxygens (including phenoxy) is 4. The van der Waals surface area contributed by atoms with Crippen LogP contribution in [0.15, 0.2) is 72.9 Å². The van der Waals surface area contributed by atoms with E-state index in [1.807, 2.05) is 36.5 Å². The summed E-state index contributed by atoms with van der Waals surface area (Å²) in [6.07, 6.45) is 2.92. The Hall–Kier alpha value is -7.27. The number of hydrogen-bond donors (Lipinski definition) is 6. The number of rotatable bonds is 19. The van der Waals surface area contributed by atoms with Crippen LogP contribution in [-0.4, -0.2) is 120 Å². The molecule has 3 aliphatic heterocycles. The standard InChI is InChI=1S/C51H60F3N11O9/c52-51(53,54)48(69)74-47(68)50(17-4-18-50)46(67)61-39(6-3-19-59-49(56)70)45(66)60-31-10-8-30(9-11-31)29-71-42-7-2-1-5-38(42)40-26-41(44(55)63-62-40)64-27-33-12-13-34(28-64)65(33)32-14-22-58-43(23-32)73-37-24-36(25-37)72-35-15-20-57-21-16-35/h1-2,5,7-11,14,22-23,26,33-37,39,57H,3-4,6,12-13,15-21,24-25,27-29H2,(H2,55,63)(H,60,66)(H,61,67)(H3,56,59,70)/t33?,34?,36?,37?,39-/m0/s1. The van der Waals surface area contributed by atoms with Crippen LogP contribution >= 0.6 is 0 Å². The molecule has 20 nitrogen and oxygen atoms in total. The van der Waals surface area contributed by atoms with E-state index in [0.717, 1.165) is 81.6 Å². The zero-order chi connectivity index (χ0) is 52.0. The summed E-state index contributed by atoms with van der Waals surface area (Å²) in [6, 6.07) is 18.5. The highest BCUT2D eigenvalue weighted by Gasteiger charge is 2.55. The lowest BCUT2D eigenvalue weighted by atomic mass is 9.68. The molecule has 5 heterocycles. The number of nitrogen functional groups attached to an aromatic ring is 1. The minimum atomic E-state index is -5.46. The number of hydrogen-bond acceptors (Lipinski definition) is 16. The van der Waals surface area contributed by atoms with Crippen molar-refractivity contribution >= 4 is 52.7 Å². The molecule has 4 aromatic rings. The maximum Gasteiger partial charge on any atom is 0.491 e. The summed E-state index contributed by atoms with van der Waals surface area (Å²) < 4.78 is 61.6. The van der Waals surface area contributed by atoms with Gasteiger partial charge in [0.2, 0.25) is 17.7 Å². The summed E-state index contributed by atoms with van der Waals surface area (Å²) in [5.74, 6) is -4.68. The summed E-state index contributed by atoms with van der Waals surface area (Å²) in [4.78, 5) is 71.7. The highest BCUT2D eigenvalue weighted by Crippen LogP contribution is 2.44. The lowest BCUT2D eigenvalue weighted by Gasteiger charge is -2.43. The summed E-state index contributed by atoms with van der Waals surface area (Å²) in [7, 11) is 0. The summed E-state index contributed by atoms with van der Waals surface area (Å²) in [5, 5.41) is 19.8. The third-order valence-electron chi connectivity index (χ3n) is 14.5. The van der Waals surface area contributed by atoms with Crippen LogP contribution < -0.4 is 52.0 Å². The predicted molar refractivity (Wildman–Crippen MR) is 264 cm³/mol. The Morgan fingerprint density at radius 2 is 1.62 bits per heavy atom. The van der Waals surface area contributed by atoms with E-state index in [4.69, 9.17) is 25.7 Å². The fourth-order valence-electron chi connectivity index (χ4n) is 10.3. The number of piperidine rings is 1. The number of carbonyl (C=O) groups is 5. The first-order chi connectivity index (χ1) is 35.6. The number of benzene rings is 2. The molecule has 2 bridgehead atoms. The van der Waals surface area contributed by atoms with Gasteiger partial charge >= 0.3 is 24.1 Å². The monoisotopic (exact) mass is 1030 g/mol. The van der Waals surface area contributed by atoms with Crippen LogP contribution in [0.3, 0.4) is 0 Å². The zero-order valence-electron chi connectivity index (χ0n) is 40.6. The number of alkyl halides is 3. The molecular formula is C51H60F3N11O9. The zero-order valence-corrected chi connectivity index (χ0v) is 40.6. The van der Waals surface area contributed by atoms with Gasteiger partial charge in [-0.05, 0) is 106 Å². The maximum atomic E-state index is 13.6. The molecule has 8 N–H and O–H groups in total. The number of anilines is 4. The van der Waals surface area contributed by atoms with Crippen LogP contribution in [0.5, 0.6) is 11.6 Å². The number of esters is 2. The second kappa shape index (κ2) is 22.5. The third-order valence-corrected chi connectivity index (χ3v) is 14.5. The highest BCUT2D eigenvalue weighted by atomic mass is 19.4. The number of fused-ring (bicyclic) bond motifs is 2. The first kappa shape index (κ1) is 51.6. The van der Waals surface area contributed by atoms with Gasteiger partial charge in [-0.15, -0.1) is 10.2 Å². The summed E-state index contributed by atoms with van der Waals surface area (Å²) in [5.41, 5.74) is 13.8. The first-order valence-electron chi connectivity index (χ1n) is 25.1. The van der Waals surface area contributed by atoms with Crippen molar-refractivity contribution in [1.29, 1.82) is 0 Å². The SMILES string of the molecule is NC(=O)NCCC[C@H](NC(=O)C1(C(=O)OC(=O)C(F)(F)F)CCC1)C(=O)Nc1ccc(COc2ccccc2-c2cc(N3CC4CCC(C3)N4c3ccnc(OC4CC(OC5CCNCC5)C4)c3)c(N)nn2)cc1. The van der Waals surface area contributed by atoms with E-state index in [1.54, 1.807) is 24.3 Å². The van der Waals surface area contributed by atoms with Gasteiger partial charge in [0, 0.05) is 73.8 Å². The van der Waals surface area contributed by atoms with Crippen LogP contribution in [0.1, 0.15) is 76.2 Å². The number of nitrogens with one attached hydrogen (secondary N) is 4. The number of primary amides is 1. The Kier molecular flexibility index (Phi) is 15.7. The average molecular weight is 1030 g/mol.